The summed E-state index contributed by atoms with van der Waals surface area (Å²) in [5, 5.41) is 14.9. The number of aliphatic hydroxyl groups is 1. The van der Waals surface area contributed by atoms with Crippen molar-refractivity contribution in [3.05, 3.63) is 63.1 Å². The van der Waals surface area contributed by atoms with Crippen molar-refractivity contribution < 1.29 is 14.6 Å². The Morgan fingerprint density at radius 2 is 1.75 bits per heavy atom. The second kappa shape index (κ2) is 12.6. The number of likely N-dealkylation sites (tertiary alicyclic amines) is 1. The summed E-state index contributed by atoms with van der Waals surface area (Å²) < 4.78 is 7.19. The van der Waals surface area contributed by atoms with Gasteiger partial charge in [-0.15, -0.1) is 0 Å². The highest BCUT2D eigenvalue weighted by atomic mass is 79.9. The second-order valence-corrected chi connectivity index (χ2v) is 11.1. The lowest BCUT2D eigenvalue weighted by Crippen LogP contribution is -2.56. The van der Waals surface area contributed by atoms with Gasteiger partial charge >= 0.3 is 6.03 Å². The predicted octanol–water partition coefficient (Wildman–Crippen LogP) is 4.36. The number of ether oxygens (including phenoxy) is 1. The highest BCUT2D eigenvalue weighted by molar-refractivity contribution is 9.10. The van der Waals surface area contributed by atoms with Gasteiger partial charge in [-0.05, 0) is 55.7 Å². The van der Waals surface area contributed by atoms with E-state index in [0.29, 0.717) is 32.8 Å². The van der Waals surface area contributed by atoms with Crippen molar-refractivity contribution >= 4 is 33.6 Å². The summed E-state index contributed by atoms with van der Waals surface area (Å²) in [4.78, 5) is 18.6. The van der Waals surface area contributed by atoms with Gasteiger partial charge in [0.1, 0.15) is 12.4 Å². The van der Waals surface area contributed by atoms with Crippen LogP contribution in [-0.4, -0.2) is 83.8 Å². The first kappa shape index (κ1) is 27.2. The van der Waals surface area contributed by atoms with Crippen LogP contribution in [0.3, 0.4) is 0 Å². The molecule has 196 valence electrons. The molecule has 2 amide bonds. The normalized spacial score (nSPS) is 18.7. The maximum Gasteiger partial charge on any atom is 0.317 e. The van der Waals surface area contributed by atoms with Gasteiger partial charge in [-0.3, -0.25) is 9.80 Å². The Morgan fingerprint density at radius 1 is 1.06 bits per heavy atom. The number of nitrogens with one attached hydrogen (secondary N) is 1. The first-order valence-corrected chi connectivity index (χ1v) is 13.9. The summed E-state index contributed by atoms with van der Waals surface area (Å²) in [6.07, 6.45) is 1.47. The van der Waals surface area contributed by atoms with Gasteiger partial charge in [0.15, 0.2) is 0 Å². The van der Waals surface area contributed by atoms with E-state index in [2.05, 4.69) is 37.1 Å². The van der Waals surface area contributed by atoms with E-state index < -0.39 is 5.60 Å². The Bertz CT molecular complexity index is 1010. The topological polar surface area (TPSA) is 68.3 Å². The minimum absolute atomic E-state index is 0.00762. The molecule has 2 heterocycles. The van der Waals surface area contributed by atoms with Crippen molar-refractivity contribution in [2.45, 2.75) is 38.5 Å². The summed E-state index contributed by atoms with van der Waals surface area (Å²) in [5.41, 5.74) is 1.52. The molecule has 2 aliphatic rings. The molecule has 0 spiro atoms. The molecule has 36 heavy (non-hydrogen) atoms. The van der Waals surface area contributed by atoms with Crippen LogP contribution in [0.1, 0.15) is 30.9 Å². The average Bonchev–Trinajstić information content (AvgIpc) is 2.87. The number of β-amino-alcohol motifs (C(OH)–C–C–N with tert-alkyl or cyclic N) is 1. The lowest BCUT2D eigenvalue weighted by atomic mass is 9.90. The molecule has 0 aliphatic carbocycles. The van der Waals surface area contributed by atoms with Gasteiger partial charge in [-0.1, -0.05) is 39.7 Å². The molecule has 7 nitrogen and oxygen atoms in total. The molecular formula is C27H36BrClN4O3. The number of rotatable bonds is 8. The molecule has 0 aromatic heterocycles. The zero-order chi connectivity index (χ0) is 25.5. The lowest BCUT2D eigenvalue weighted by molar-refractivity contribution is -0.0519. The Labute approximate surface area is 227 Å². The molecule has 4 rings (SSSR count). The molecule has 0 saturated carbocycles. The maximum absolute atomic E-state index is 12.0. The van der Waals surface area contributed by atoms with Crippen LogP contribution in [0.25, 0.3) is 0 Å². The Balaban J connectivity index is 1.27. The van der Waals surface area contributed by atoms with E-state index in [4.69, 9.17) is 16.3 Å². The fourth-order valence-corrected chi connectivity index (χ4v) is 5.40. The molecule has 2 fully saturated rings. The molecule has 2 N–H and O–H groups in total. The van der Waals surface area contributed by atoms with E-state index in [1.807, 2.05) is 48.2 Å². The predicted molar refractivity (Wildman–Crippen MR) is 146 cm³/mol. The molecule has 0 radical (unpaired) electrons. The zero-order valence-electron chi connectivity index (χ0n) is 20.9. The monoisotopic (exact) mass is 578 g/mol. The van der Waals surface area contributed by atoms with Crippen LogP contribution in [0.15, 0.2) is 46.9 Å². The summed E-state index contributed by atoms with van der Waals surface area (Å²) in [5.74, 6) is 0.874. The zero-order valence-corrected chi connectivity index (χ0v) is 23.2. The number of nitrogens with zero attached hydrogens (tertiary/aromatic N) is 3. The lowest BCUT2D eigenvalue weighted by Gasteiger charge is -2.43. The summed E-state index contributed by atoms with van der Waals surface area (Å²) >= 11 is 9.59. The van der Waals surface area contributed by atoms with E-state index in [1.165, 1.54) is 0 Å². The molecule has 2 aromatic carbocycles. The molecule has 0 atom stereocenters. The fourth-order valence-electron chi connectivity index (χ4n) is 4.87. The number of amides is 2. The number of hydrogen-bond donors (Lipinski definition) is 2. The molecule has 2 aromatic rings. The molecule has 0 bridgehead atoms. The minimum Gasteiger partial charge on any atom is -0.489 e. The summed E-state index contributed by atoms with van der Waals surface area (Å²) in [7, 11) is 0. The minimum atomic E-state index is -0.685. The third-order valence-corrected chi connectivity index (χ3v) is 7.76. The number of hydrogen-bond acceptors (Lipinski definition) is 5. The van der Waals surface area contributed by atoms with Gasteiger partial charge in [0, 0.05) is 74.0 Å². The summed E-state index contributed by atoms with van der Waals surface area (Å²) in [6.45, 7) is 9.17. The maximum atomic E-state index is 12.0. The van der Waals surface area contributed by atoms with Crippen LogP contribution in [0, 0.1) is 0 Å². The molecular weight excluding hydrogens is 544 g/mol. The van der Waals surface area contributed by atoms with Gasteiger partial charge in [-0.2, -0.15) is 0 Å². The number of benzene rings is 2. The van der Waals surface area contributed by atoms with E-state index in [0.717, 1.165) is 71.9 Å². The average molecular weight is 580 g/mol. The fraction of sp³-hybridized carbons (Fsp3) is 0.519. The van der Waals surface area contributed by atoms with Crippen LogP contribution >= 0.6 is 27.5 Å². The first-order valence-electron chi connectivity index (χ1n) is 12.7. The van der Waals surface area contributed by atoms with Crippen LogP contribution in [0.4, 0.5) is 4.79 Å². The second-order valence-electron chi connectivity index (χ2n) is 9.77. The van der Waals surface area contributed by atoms with Gasteiger partial charge in [0.25, 0.3) is 0 Å². The SMILES string of the molecule is CCNC(=O)N1CCN(CC2(O)CCN(Cc3cc(Br)ccc3OCc3ccc(Cl)cc3)CC2)CC1. The van der Waals surface area contributed by atoms with Gasteiger partial charge in [0.05, 0.1) is 5.60 Å². The standard InChI is InChI=1S/C27H36BrClN4O3/c1-2-30-26(34)33-15-13-32(14-16-33)20-27(35)9-11-31(12-10-27)18-22-17-23(28)5-8-25(22)36-19-21-3-6-24(29)7-4-21/h3-8,17,35H,2,9-16,18-20H2,1H3,(H,30,34). The summed E-state index contributed by atoms with van der Waals surface area (Å²) in [6, 6.07) is 13.8. The number of urea groups is 1. The van der Waals surface area contributed by atoms with Crippen molar-refractivity contribution in [3.63, 3.8) is 0 Å². The smallest absolute Gasteiger partial charge is 0.317 e. The molecule has 2 aliphatic heterocycles. The third-order valence-electron chi connectivity index (χ3n) is 7.02. The number of halogens is 2. The third kappa shape index (κ3) is 7.59. The number of carbonyl (C=O) groups is 1. The van der Waals surface area contributed by atoms with E-state index in [-0.39, 0.29) is 6.03 Å². The van der Waals surface area contributed by atoms with Crippen LogP contribution in [0.5, 0.6) is 5.75 Å². The van der Waals surface area contributed by atoms with Crippen molar-refractivity contribution in [1.29, 1.82) is 0 Å². The van der Waals surface area contributed by atoms with E-state index in [1.54, 1.807) is 0 Å². The van der Waals surface area contributed by atoms with E-state index >= 15 is 0 Å². The van der Waals surface area contributed by atoms with E-state index in [9.17, 15) is 9.90 Å². The van der Waals surface area contributed by atoms with Crippen molar-refractivity contribution in [3.8, 4) is 5.75 Å². The number of carbonyl (C=O) groups excluding carboxylic acids is 1. The van der Waals surface area contributed by atoms with Gasteiger partial charge in [0.2, 0.25) is 0 Å². The highest BCUT2D eigenvalue weighted by Crippen LogP contribution is 2.29. The van der Waals surface area contributed by atoms with Crippen LogP contribution in [0.2, 0.25) is 5.02 Å². The van der Waals surface area contributed by atoms with Crippen molar-refractivity contribution in [2.24, 2.45) is 0 Å². The Hall–Kier alpha value is -1.84. The highest BCUT2D eigenvalue weighted by Gasteiger charge is 2.35. The first-order chi connectivity index (χ1) is 17.3. The van der Waals surface area contributed by atoms with Crippen molar-refractivity contribution in [2.75, 3.05) is 52.4 Å². The molecule has 2 saturated heterocycles. The molecule has 9 heteroatoms. The van der Waals surface area contributed by atoms with Crippen molar-refractivity contribution in [1.82, 2.24) is 20.0 Å². The Kier molecular flexibility index (Phi) is 9.52. The number of piperazine rings is 1. The quantitative estimate of drug-likeness (QED) is 0.487. The van der Waals surface area contributed by atoms with Gasteiger partial charge in [-0.25, -0.2) is 4.79 Å². The van der Waals surface area contributed by atoms with Crippen LogP contribution < -0.4 is 10.1 Å². The number of piperidine rings is 1. The molecule has 0 unspecified atom stereocenters. The van der Waals surface area contributed by atoms with Gasteiger partial charge < -0.3 is 20.1 Å². The Morgan fingerprint density at radius 3 is 2.42 bits per heavy atom. The van der Waals surface area contributed by atoms with Crippen LogP contribution in [-0.2, 0) is 13.2 Å². The largest absolute Gasteiger partial charge is 0.489 e.